The van der Waals surface area contributed by atoms with Crippen molar-refractivity contribution < 1.29 is 14.3 Å². The SMILES string of the molecule is COCCNCCNC(=O)CN1C(=O)CCc2ccccc21. The Bertz CT molecular complexity index is 519. The molecule has 1 aromatic carbocycles. The molecular weight excluding hydrogens is 282 g/mol. The second-order valence-corrected chi connectivity index (χ2v) is 5.20. The second-order valence-electron chi connectivity index (χ2n) is 5.20. The highest BCUT2D eigenvalue weighted by atomic mass is 16.5. The summed E-state index contributed by atoms with van der Waals surface area (Å²) in [7, 11) is 1.65. The van der Waals surface area contributed by atoms with Crippen molar-refractivity contribution in [1.29, 1.82) is 0 Å². The molecular formula is C16H23N3O3. The fourth-order valence-corrected chi connectivity index (χ4v) is 2.46. The lowest BCUT2D eigenvalue weighted by molar-refractivity contribution is -0.124. The summed E-state index contributed by atoms with van der Waals surface area (Å²) in [6, 6.07) is 7.75. The van der Waals surface area contributed by atoms with Crippen molar-refractivity contribution in [2.24, 2.45) is 0 Å². The van der Waals surface area contributed by atoms with Gasteiger partial charge in [-0.25, -0.2) is 0 Å². The lowest BCUT2D eigenvalue weighted by atomic mass is 10.0. The van der Waals surface area contributed by atoms with Gasteiger partial charge < -0.3 is 20.3 Å². The maximum absolute atomic E-state index is 12.1. The van der Waals surface area contributed by atoms with Gasteiger partial charge in [0.2, 0.25) is 11.8 Å². The maximum Gasteiger partial charge on any atom is 0.240 e. The molecule has 2 N–H and O–H groups in total. The number of para-hydroxylation sites is 1. The van der Waals surface area contributed by atoms with Gasteiger partial charge in [-0.3, -0.25) is 9.59 Å². The molecule has 0 atom stereocenters. The topological polar surface area (TPSA) is 70.7 Å². The smallest absolute Gasteiger partial charge is 0.240 e. The average molecular weight is 305 g/mol. The fraction of sp³-hybridized carbons (Fsp3) is 0.500. The van der Waals surface area contributed by atoms with Crippen molar-refractivity contribution >= 4 is 17.5 Å². The molecule has 1 heterocycles. The minimum atomic E-state index is -0.140. The molecule has 6 heteroatoms. The number of methoxy groups -OCH3 is 1. The van der Waals surface area contributed by atoms with Crippen LogP contribution < -0.4 is 15.5 Å². The molecule has 0 saturated carbocycles. The summed E-state index contributed by atoms with van der Waals surface area (Å²) in [5.41, 5.74) is 1.98. The van der Waals surface area contributed by atoms with Crippen LogP contribution in [0, 0.1) is 0 Å². The maximum atomic E-state index is 12.1. The molecule has 1 aliphatic rings. The van der Waals surface area contributed by atoms with E-state index in [-0.39, 0.29) is 18.4 Å². The van der Waals surface area contributed by atoms with E-state index in [1.54, 1.807) is 12.0 Å². The van der Waals surface area contributed by atoms with E-state index in [1.165, 1.54) is 0 Å². The van der Waals surface area contributed by atoms with Gasteiger partial charge in [-0.1, -0.05) is 18.2 Å². The van der Waals surface area contributed by atoms with E-state index >= 15 is 0 Å². The monoisotopic (exact) mass is 305 g/mol. The third kappa shape index (κ3) is 4.54. The Kier molecular flexibility index (Phi) is 6.36. The Hall–Kier alpha value is -1.92. The highest BCUT2D eigenvalue weighted by Crippen LogP contribution is 2.26. The van der Waals surface area contributed by atoms with Crippen molar-refractivity contribution in [2.75, 3.05) is 44.8 Å². The predicted molar refractivity (Wildman–Crippen MR) is 84.9 cm³/mol. The Labute approximate surface area is 130 Å². The molecule has 1 aliphatic heterocycles. The number of benzene rings is 1. The van der Waals surface area contributed by atoms with E-state index in [0.717, 1.165) is 24.2 Å². The zero-order valence-corrected chi connectivity index (χ0v) is 12.9. The van der Waals surface area contributed by atoms with Gasteiger partial charge in [-0.05, 0) is 18.1 Å². The molecule has 0 bridgehead atoms. The van der Waals surface area contributed by atoms with E-state index in [4.69, 9.17) is 4.74 Å². The zero-order chi connectivity index (χ0) is 15.8. The zero-order valence-electron chi connectivity index (χ0n) is 12.9. The van der Waals surface area contributed by atoms with Gasteiger partial charge >= 0.3 is 0 Å². The first kappa shape index (κ1) is 16.5. The van der Waals surface area contributed by atoms with Crippen LogP contribution in [0.4, 0.5) is 5.69 Å². The minimum absolute atomic E-state index is 0.00655. The molecule has 0 fully saturated rings. The number of aryl methyl sites for hydroxylation is 1. The predicted octanol–water partition coefficient (Wildman–Crippen LogP) is 0.318. The molecule has 120 valence electrons. The van der Waals surface area contributed by atoms with E-state index in [9.17, 15) is 9.59 Å². The van der Waals surface area contributed by atoms with E-state index < -0.39 is 0 Å². The Morgan fingerprint density at radius 1 is 1.23 bits per heavy atom. The van der Waals surface area contributed by atoms with E-state index in [1.807, 2.05) is 24.3 Å². The number of nitrogens with one attached hydrogen (secondary N) is 2. The van der Waals surface area contributed by atoms with Crippen LogP contribution in [0.25, 0.3) is 0 Å². The van der Waals surface area contributed by atoms with Crippen LogP contribution in [0.15, 0.2) is 24.3 Å². The van der Waals surface area contributed by atoms with Crippen LogP contribution >= 0.6 is 0 Å². The van der Waals surface area contributed by atoms with Crippen LogP contribution in [-0.4, -0.2) is 51.7 Å². The lowest BCUT2D eigenvalue weighted by Crippen LogP contribution is -2.44. The fourth-order valence-electron chi connectivity index (χ4n) is 2.46. The molecule has 0 spiro atoms. The molecule has 0 aliphatic carbocycles. The molecule has 6 nitrogen and oxygen atoms in total. The highest BCUT2D eigenvalue weighted by Gasteiger charge is 2.25. The summed E-state index contributed by atoms with van der Waals surface area (Å²) in [6.07, 6.45) is 1.21. The first-order valence-electron chi connectivity index (χ1n) is 7.57. The number of hydrogen-bond donors (Lipinski definition) is 2. The molecule has 22 heavy (non-hydrogen) atoms. The van der Waals surface area contributed by atoms with E-state index in [2.05, 4.69) is 10.6 Å². The first-order valence-corrected chi connectivity index (χ1v) is 7.57. The Morgan fingerprint density at radius 2 is 2.05 bits per heavy atom. The molecule has 0 unspecified atom stereocenters. The molecule has 2 rings (SSSR count). The average Bonchev–Trinajstić information content (AvgIpc) is 2.53. The highest BCUT2D eigenvalue weighted by molar-refractivity contribution is 6.00. The minimum Gasteiger partial charge on any atom is -0.383 e. The quantitative estimate of drug-likeness (QED) is 0.679. The van der Waals surface area contributed by atoms with Gasteiger partial charge in [-0.2, -0.15) is 0 Å². The number of rotatable bonds is 8. The number of anilines is 1. The molecule has 0 radical (unpaired) electrons. The van der Waals surface area contributed by atoms with Gasteiger partial charge in [-0.15, -0.1) is 0 Å². The van der Waals surface area contributed by atoms with Crippen molar-refractivity contribution in [1.82, 2.24) is 10.6 Å². The van der Waals surface area contributed by atoms with Crippen molar-refractivity contribution in [3.63, 3.8) is 0 Å². The van der Waals surface area contributed by atoms with Gasteiger partial charge in [0, 0.05) is 38.9 Å². The number of nitrogens with zero attached hydrogens (tertiary/aromatic N) is 1. The second kappa shape index (κ2) is 8.51. The van der Waals surface area contributed by atoms with Crippen LogP contribution in [0.5, 0.6) is 0 Å². The lowest BCUT2D eigenvalue weighted by Gasteiger charge is -2.28. The molecule has 2 amide bonds. The third-order valence-electron chi connectivity index (χ3n) is 3.60. The van der Waals surface area contributed by atoms with Gasteiger partial charge in [0.25, 0.3) is 0 Å². The molecule has 0 saturated heterocycles. The number of carbonyl (C=O) groups is 2. The first-order chi connectivity index (χ1) is 10.7. The molecule has 0 aromatic heterocycles. The number of hydrogen-bond acceptors (Lipinski definition) is 4. The van der Waals surface area contributed by atoms with Crippen LogP contribution in [0.2, 0.25) is 0 Å². The van der Waals surface area contributed by atoms with Crippen molar-refractivity contribution in [3.8, 4) is 0 Å². The van der Waals surface area contributed by atoms with Gasteiger partial charge in [0.1, 0.15) is 6.54 Å². The molecule has 1 aromatic rings. The number of carbonyl (C=O) groups excluding carboxylic acids is 2. The normalized spacial score (nSPS) is 13.9. The van der Waals surface area contributed by atoms with Crippen LogP contribution in [-0.2, 0) is 20.7 Å². The number of ether oxygens (including phenoxy) is 1. The van der Waals surface area contributed by atoms with E-state index in [0.29, 0.717) is 26.1 Å². The Balaban J connectivity index is 1.80. The summed E-state index contributed by atoms with van der Waals surface area (Å²) in [4.78, 5) is 25.6. The van der Waals surface area contributed by atoms with Crippen molar-refractivity contribution in [2.45, 2.75) is 12.8 Å². The van der Waals surface area contributed by atoms with Crippen LogP contribution in [0.1, 0.15) is 12.0 Å². The number of fused-ring (bicyclic) bond motifs is 1. The number of amides is 2. The summed E-state index contributed by atoms with van der Waals surface area (Å²) < 4.78 is 4.92. The summed E-state index contributed by atoms with van der Waals surface area (Å²) in [6.45, 7) is 2.69. The summed E-state index contributed by atoms with van der Waals surface area (Å²) in [5.74, 6) is -0.134. The van der Waals surface area contributed by atoms with Crippen molar-refractivity contribution in [3.05, 3.63) is 29.8 Å². The van der Waals surface area contributed by atoms with Crippen LogP contribution in [0.3, 0.4) is 0 Å². The summed E-state index contributed by atoms with van der Waals surface area (Å²) >= 11 is 0. The summed E-state index contributed by atoms with van der Waals surface area (Å²) in [5, 5.41) is 5.97. The standard InChI is InChI=1S/C16H23N3O3/c1-22-11-10-17-8-9-18-15(20)12-19-14-5-3-2-4-13(14)6-7-16(19)21/h2-5,17H,6-12H2,1H3,(H,18,20). The Morgan fingerprint density at radius 3 is 2.86 bits per heavy atom. The van der Waals surface area contributed by atoms with Gasteiger partial charge in [0.05, 0.1) is 6.61 Å². The third-order valence-corrected chi connectivity index (χ3v) is 3.60. The van der Waals surface area contributed by atoms with Gasteiger partial charge in [0.15, 0.2) is 0 Å². The largest absolute Gasteiger partial charge is 0.383 e.